The number of rotatable bonds is 2. The number of aryl methyl sites for hydroxylation is 1. The van der Waals surface area contributed by atoms with Gasteiger partial charge in [0.25, 0.3) is 0 Å². The molecule has 13 heavy (non-hydrogen) atoms. The van der Waals surface area contributed by atoms with Crippen LogP contribution in [0, 0.1) is 12.8 Å². The van der Waals surface area contributed by atoms with E-state index in [0.29, 0.717) is 5.92 Å². The van der Waals surface area contributed by atoms with Crippen LogP contribution in [0.3, 0.4) is 0 Å². The maximum Gasteiger partial charge on any atom is 0.0602 e. The second-order valence-electron chi connectivity index (χ2n) is 3.92. The van der Waals surface area contributed by atoms with Gasteiger partial charge >= 0.3 is 0 Å². The van der Waals surface area contributed by atoms with Crippen molar-refractivity contribution in [3.05, 3.63) is 29.6 Å². The molecule has 2 nitrogen and oxygen atoms in total. The minimum Gasteiger partial charge on any atom is -0.322 e. The summed E-state index contributed by atoms with van der Waals surface area (Å²) in [6, 6.07) is 4.21. The fourth-order valence-corrected chi connectivity index (χ4v) is 1.87. The minimum absolute atomic E-state index is 0.162. The van der Waals surface area contributed by atoms with Gasteiger partial charge in [-0.05, 0) is 37.3 Å². The summed E-state index contributed by atoms with van der Waals surface area (Å²) >= 11 is 0. The van der Waals surface area contributed by atoms with Crippen molar-refractivity contribution in [3.8, 4) is 0 Å². The molecular weight excluding hydrogens is 160 g/mol. The molecule has 1 fully saturated rings. The van der Waals surface area contributed by atoms with E-state index in [1.165, 1.54) is 24.8 Å². The fourth-order valence-electron chi connectivity index (χ4n) is 1.87. The second kappa shape index (κ2) is 3.46. The predicted octanol–water partition coefficient (Wildman–Crippen LogP) is 2.19. The molecule has 1 aromatic heterocycles. The van der Waals surface area contributed by atoms with Crippen molar-refractivity contribution in [2.45, 2.75) is 32.2 Å². The van der Waals surface area contributed by atoms with Gasteiger partial charge in [0.2, 0.25) is 0 Å². The Labute approximate surface area is 79.2 Å². The molecule has 70 valence electrons. The number of pyridine rings is 1. The fraction of sp³-hybridized carbons (Fsp3) is 0.545. The smallest absolute Gasteiger partial charge is 0.0602 e. The Bertz CT molecular complexity index is 292. The van der Waals surface area contributed by atoms with Gasteiger partial charge in [-0.15, -0.1) is 0 Å². The van der Waals surface area contributed by atoms with Crippen LogP contribution < -0.4 is 5.73 Å². The SMILES string of the molecule is Cc1cccnc1C(N)C1CCC1. The molecule has 1 aromatic rings. The van der Waals surface area contributed by atoms with Crippen LogP contribution in [0.15, 0.2) is 18.3 Å². The molecule has 1 aliphatic rings. The Morgan fingerprint density at radius 1 is 1.54 bits per heavy atom. The van der Waals surface area contributed by atoms with Crippen LogP contribution in [0.1, 0.15) is 36.6 Å². The Balaban J connectivity index is 2.18. The van der Waals surface area contributed by atoms with Crippen LogP contribution in [0.25, 0.3) is 0 Å². The summed E-state index contributed by atoms with van der Waals surface area (Å²) in [5, 5.41) is 0. The first-order valence-corrected chi connectivity index (χ1v) is 4.96. The van der Waals surface area contributed by atoms with Crippen molar-refractivity contribution in [1.82, 2.24) is 4.98 Å². The lowest BCUT2D eigenvalue weighted by molar-refractivity contribution is 0.260. The number of aromatic nitrogens is 1. The average Bonchev–Trinajstić information content (AvgIpc) is 2.01. The van der Waals surface area contributed by atoms with E-state index >= 15 is 0 Å². The first kappa shape index (κ1) is 8.70. The molecule has 1 heterocycles. The van der Waals surface area contributed by atoms with Crippen molar-refractivity contribution >= 4 is 0 Å². The van der Waals surface area contributed by atoms with E-state index in [2.05, 4.69) is 18.0 Å². The number of nitrogens with two attached hydrogens (primary N) is 1. The zero-order valence-corrected chi connectivity index (χ0v) is 8.03. The Kier molecular flexibility index (Phi) is 2.32. The number of hydrogen-bond acceptors (Lipinski definition) is 2. The maximum atomic E-state index is 6.14. The van der Waals surface area contributed by atoms with Crippen LogP contribution in [0.2, 0.25) is 0 Å². The molecule has 1 atom stereocenters. The molecule has 2 heteroatoms. The van der Waals surface area contributed by atoms with Crippen LogP contribution in [-0.2, 0) is 0 Å². The molecule has 2 N–H and O–H groups in total. The van der Waals surface area contributed by atoms with Crippen LogP contribution >= 0.6 is 0 Å². The summed E-state index contributed by atoms with van der Waals surface area (Å²) < 4.78 is 0. The molecule has 0 aliphatic heterocycles. The first-order valence-electron chi connectivity index (χ1n) is 4.96. The highest BCUT2D eigenvalue weighted by Gasteiger charge is 2.26. The van der Waals surface area contributed by atoms with Gasteiger partial charge < -0.3 is 5.73 Å². The molecule has 0 radical (unpaired) electrons. The topological polar surface area (TPSA) is 38.9 Å². The van der Waals surface area contributed by atoms with Gasteiger partial charge in [0.05, 0.1) is 11.7 Å². The quantitative estimate of drug-likeness (QED) is 0.750. The van der Waals surface area contributed by atoms with E-state index in [-0.39, 0.29) is 6.04 Å². The molecule has 1 unspecified atom stereocenters. The largest absolute Gasteiger partial charge is 0.322 e. The second-order valence-corrected chi connectivity index (χ2v) is 3.92. The van der Waals surface area contributed by atoms with Crippen LogP contribution in [0.4, 0.5) is 0 Å². The van der Waals surface area contributed by atoms with Gasteiger partial charge in [-0.2, -0.15) is 0 Å². The standard InChI is InChI=1S/C11H16N2/c1-8-4-3-7-13-11(8)10(12)9-5-2-6-9/h3-4,7,9-10H,2,5-6,12H2,1H3. The van der Waals surface area contributed by atoms with Gasteiger partial charge in [0.15, 0.2) is 0 Å². The van der Waals surface area contributed by atoms with Gasteiger partial charge in [-0.3, -0.25) is 4.98 Å². The van der Waals surface area contributed by atoms with Crippen molar-refractivity contribution in [1.29, 1.82) is 0 Å². The van der Waals surface area contributed by atoms with Crippen molar-refractivity contribution in [3.63, 3.8) is 0 Å². The third-order valence-electron chi connectivity index (χ3n) is 3.02. The summed E-state index contributed by atoms with van der Waals surface area (Å²) in [5.41, 5.74) is 8.45. The maximum absolute atomic E-state index is 6.14. The lowest BCUT2D eigenvalue weighted by Gasteiger charge is -2.31. The van der Waals surface area contributed by atoms with Crippen molar-refractivity contribution in [2.75, 3.05) is 0 Å². The molecule has 1 saturated carbocycles. The number of hydrogen-bond donors (Lipinski definition) is 1. The lowest BCUT2D eigenvalue weighted by Crippen LogP contribution is -2.28. The Morgan fingerprint density at radius 3 is 2.85 bits per heavy atom. The Hall–Kier alpha value is -0.890. The van der Waals surface area contributed by atoms with E-state index < -0.39 is 0 Å². The summed E-state index contributed by atoms with van der Waals surface area (Å²) in [5.74, 6) is 0.675. The predicted molar refractivity (Wildman–Crippen MR) is 53.2 cm³/mol. The van der Waals surface area contributed by atoms with Gasteiger partial charge in [0.1, 0.15) is 0 Å². The summed E-state index contributed by atoms with van der Waals surface area (Å²) in [6.45, 7) is 2.08. The summed E-state index contributed by atoms with van der Waals surface area (Å²) in [4.78, 5) is 4.36. The minimum atomic E-state index is 0.162. The van der Waals surface area contributed by atoms with E-state index in [1.54, 1.807) is 0 Å². The summed E-state index contributed by atoms with van der Waals surface area (Å²) in [7, 11) is 0. The molecule has 1 aliphatic carbocycles. The molecule has 0 bridgehead atoms. The third-order valence-corrected chi connectivity index (χ3v) is 3.02. The van der Waals surface area contributed by atoms with E-state index in [1.807, 2.05) is 12.3 Å². The lowest BCUT2D eigenvalue weighted by atomic mass is 9.78. The highest BCUT2D eigenvalue weighted by Crippen LogP contribution is 2.36. The van der Waals surface area contributed by atoms with Gasteiger partial charge in [0, 0.05) is 6.20 Å². The number of nitrogens with zero attached hydrogens (tertiary/aromatic N) is 1. The first-order chi connectivity index (χ1) is 6.29. The average molecular weight is 176 g/mol. The molecule has 0 spiro atoms. The van der Waals surface area contributed by atoms with Gasteiger partial charge in [-0.1, -0.05) is 12.5 Å². The van der Waals surface area contributed by atoms with Crippen molar-refractivity contribution < 1.29 is 0 Å². The van der Waals surface area contributed by atoms with Crippen molar-refractivity contribution in [2.24, 2.45) is 11.7 Å². The molecule has 0 amide bonds. The van der Waals surface area contributed by atoms with E-state index in [0.717, 1.165) is 5.69 Å². The molecule has 2 rings (SSSR count). The highest BCUT2D eigenvalue weighted by atomic mass is 14.8. The van der Waals surface area contributed by atoms with Crippen LogP contribution in [0.5, 0.6) is 0 Å². The molecule has 0 aromatic carbocycles. The monoisotopic (exact) mass is 176 g/mol. The Morgan fingerprint density at radius 2 is 2.31 bits per heavy atom. The van der Waals surface area contributed by atoms with Crippen LogP contribution in [-0.4, -0.2) is 4.98 Å². The van der Waals surface area contributed by atoms with E-state index in [4.69, 9.17) is 5.73 Å². The zero-order chi connectivity index (χ0) is 9.26. The van der Waals surface area contributed by atoms with Gasteiger partial charge in [-0.25, -0.2) is 0 Å². The molecular formula is C11H16N2. The zero-order valence-electron chi connectivity index (χ0n) is 8.03. The van der Waals surface area contributed by atoms with E-state index in [9.17, 15) is 0 Å². The third kappa shape index (κ3) is 1.59. The molecule has 0 saturated heterocycles. The normalized spacial score (nSPS) is 19.5. The summed E-state index contributed by atoms with van der Waals surface area (Å²) in [6.07, 6.45) is 5.72. The highest BCUT2D eigenvalue weighted by molar-refractivity contribution is 5.21.